The second-order valence-corrected chi connectivity index (χ2v) is 6.67. The molecule has 2 heteroatoms. The summed E-state index contributed by atoms with van der Waals surface area (Å²) in [4.78, 5) is 2.30. The summed E-state index contributed by atoms with van der Waals surface area (Å²) in [6.45, 7) is 11.3. The molecular formula is C16H25NO. The average Bonchev–Trinajstić information content (AvgIpc) is 2.26. The number of rotatable bonds is 3. The molecule has 0 amide bonds. The van der Waals surface area contributed by atoms with Gasteiger partial charge in [-0.25, -0.2) is 0 Å². The fourth-order valence-corrected chi connectivity index (χ4v) is 2.49. The van der Waals surface area contributed by atoms with Crippen LogP contribution in [-0.4, -0.2) is 28.7 Å². The van der Waals surface area contributed by atoms with Gasteiger partial charge < -0.3 is 5.11 Å². The molecule has 0 aromatic heterocycles. The van der Waals surface area contributed by atoms with Gasteiger partial charge in [0.05, 0.1) is 5.60 Å². The van der Waals surface area contributed by atoms with Gasteiger partial charge in [0.25, 0.3) is 0 Å². The van der Waals surface area contributed by atoms with Crippen molar-refractivity contribution < 1.29 is 5.11 Å². The minimum Gasteiger partial charge on any atom is -0.387 e. The van der Waals surface area contributed by atoms with Crippen molar-refractivity contribution >= 4 is 0 Å². The van der Waals surface area contributed by atoms with Crippen LogP contribution in [0.1, 0.15) is 45.2 Å². The summed E-state index contributed by atoms with van der Waals surface area (Å²) >= 11 is 0. The van der Waals surface area contributed by atoms with Crippen LogP contribution in [0, 0.1) is 0 Å². The minimum atomic E-state index is -0.425. The molecule has 100 valence electrons. The van der Waals surface area contributed by atoms with Crippen LogP contribution in [0.2, 0.25) is 0 Å². The fraction of sp³-hybridized carbons (Fsp3) is 0.625. The molecule has 1 heterocycles. The number of hydrogen-bond donors (Lipinski definition) is 1. The summed E-state index contributed by atoms with van der Waals surface area (Å²) in [6, 6.07) is 8.87. The standard InChI is InChI=1S/C16H25NO/c1-5-16(18)11-17(12-16)10-13-6-8-14(9-7-13)15(2,3)4/h6-9,18H,5,10-12H2,1-4H3. The minimum absolute atomic E-state index is 0.220. The van der Waals surface area contributed by atoms with E-state index in [2.05, 4.69) is 56.9 Å². The lowest BCUT2D eigenvalue weighted by Crippen LogP contribution is -2.60. The van der Waals surface area contributed by atoms with E-state index in [1.807, 2.05) is 0 Å². The number of β-amino-alcohol motifs (C(OH)–C–C–N with tert-alkyl or cyclic N) is 1. The summed E-state index contributed by atoms with van der Waals surface area (Å²) in [5.74, 6) is 0. The molecule has 0 aliphatic carbocycles. The molecule has 2 nitrogen and oxygen atoms in total. The van der Waals surface area contributed by atoms with Crippen LogP contribution >= 0.6 is 0 Å². The lowest BCUT2D eigenvalue weighted by atomic mass is 9.86. The number of likely N-dealkylation sites (tertiary alicyclic amines) is 1. The summed E-state index contributed by atoms with van der Waals surface area (Å²) in [6.07, 6.45) is 0.854. The van der Waals surface area contributed by atoms with Crippen LogP contribution in [0.5, 0.6) is 0 Å². The zero-order valence-corrected chi connectivity index (χ0v) is 12.0. The highest BCUT2D eigenvalue weighted by atomic mass is 16.3. The monoisotopic (exact) mass is 247 g/mol. The molecule has 0 saturated carbocycles. The number of aliphatic hydroxyl groups is 1. The number of hydrogen-bond acceptors (Lipinski definition) is 2. The maximum Gasteiger partial charge on any atom is 0.0897 e. The molecule has 0 spiro atoms. The van der Waals surface area contributed by atoms with E-state index in [0.717, 1.165) is 26.1 Å². The first-order valence-corrected chi connectivity index (χ1v) is 6.86. The molecule has 1 aliphatic heterocycles. The number of benzene rings is 1. The van der Waals surface area contributed by atoms with Crippen LogP contribution in [-0.2, 0) is 12.0 Å². The quantitative estimate of drug-likeness (QED) is 0.887. The zero-order chi connectivity index (χ0) is 13.4. The SMILES string of the molecule is CCC1(O)CN(Cc2ccc(C(C)(C)C)cc2)C1. The first-order chi connectivity index (χ1) is 8.32. The van der Waals surface area contributed by atoms with E-state index in [9.17, 15) is 5.11 Å². The first-order valence-electron chi connectivity index (χ1n) is 6.86. The van der Waals surface area contributed by atoms with Gasteiger partial charge in [0.2, 0.25) is 0 Å². The van der Waals surface area contributed by atoms with Crippen molar-refractivity contribution in [3.63, 3.8) is 0 Å². The zero-order valence-electron chi connectivity index (χ0n) is 12.0. The third kappa shape index (κ3) is 2.93. The van der Waals surface area contributed by atoms with Crippen LogP contribution in [0.3, 0.4) is 0 Å². The van der Waals surface area contributed by atoms with Crippen molar-refractivity contribution in [1.29, 1.82) is 0 Å². The van der Waals surface area contributed by atoms with Crippen molar-refractivity contribution in [2.45, 2.75) is 51.7 Å². The molecule has 18 heavy (non-hydrogen) atoms. The Morgan fingerprint density at radius 3 is 2.17 bits per heavy atom. The third-order valence-electron chi connectivity index (χ3n) is 3.92. The van der Waals surface area contributed by atoms with Gasteiger partial charge in [-0.3, -0.25) is 4.90 Å². The van der Waals surface area contributed by atoms with Gasteiger partial charge in [0.15, 0.2) is 0 Å². The Hall–Kier alpha value is -0.860. The largest absolute Gasteiger partial charge is 0.387 e. The van der Waals surface area contributed by atoms with E-state index in [1.54, 1.807) is 0 Å². The van der Waals surface area contributed by atoms with Gasteiger partial charge in [-0.15, -0.1) is 0 Å². The molecule has 1 aliphatic rings. The molecular weight excluding hydrogens is 222 g/mol. The van der Waals surface area contributed by atoms with Crippen LogP contribution in [0.15, 0.2) is 24.3 Å². The molecule has 1 aromatic rings. The Labute approximate surface area is 111 Å². The molecule has 1 N–H and O–H groups in total. The van der Waals surface area contributed by atoms with Crippen LogP contribution in [0.25, 0.3) is 0 Å². The van der Waals surface area contributed by atoms with Crippen molar-refractivity contribution in [3.05, 3.63) is 35.4 Å². The second-order valence-electron chi connectivity index (χ2n) is 6.67. The number of nitrogens with zero attached hydrogens (tertiary/aromatic N) is 1. The molecule has 0 unspecified atom stereocenters. The highest BCUT2D eigenvalue weighted by Crippen LogP contribution is 2.27. The summed E-state index contributed by atoms with van der Waals surface area (Å²) in [7, 11) is 0. The molecule has 1 fully saturated rings. The summed E-state index contributed by atoms with van der Waals surface area (Å²) in [5, 5.41) is 9.98. The predicted molar refractivity (Wildman–Crippen MR) is 75.7 cm³/mol. The van der Waals surface area contributed by atoms with Gasteiger partial charge >= 0.3 is 0 Å². The van der Waals surface area contributed by atoms with Gasteiger partial charge in [0, 0.05) is 19.6 Å². The van der Waals surface area contributed by atoms with Crippen molar-refractivity contribution in [1.82, 2.24) is 4.90 Å². The van der Waals surface area contributed by atoms with Crippen LogP contribution in [0.4, 0.5) is 0 Å². The lowest BCUT2D eigenvalue weighted by molar-refractivity contribution is -0.103. The average molecular weight is 247 g/mol. The third-order valence-corrected chi connectivity index (χ3v) is 3.92. The van der Waals surface area contributed by atoms with E-state index < -0.39 is 5.60 Å². The smallest absolute Gasteiger partial charge is 0.0897 e. The van der Waals surface area contributed by atoms with E-state index in [-0.39, 0.29) is 5.41 Å². The Balaban J connectivity index is 1.92. The normalized spacial score (nSPS) is 19.6. The molecule has 0 bridgehead atoms. The molecule has 0 radical (unpaired) electrons. The van der Waals surface area contributed by atoms with Crippen molar-refractivity contribution in [2.75, 3.05) is 13.1 Å². The van der Waals surface area contributed by atoms with E-state index in [0.29, 0.717) is 0 Å². The highest BCUT2D eigenvalue weighted by Gasteiger charge is 2.38. The fourth-order valence-electron chi connectivity index (χ4n) is 2.49. The lowest BCUT2D eigenvalue weighted by Gasteiger charge is -2.46. The van der Waals surface area contributed by atoms with E-state index in [1.165, 1.54) is 11.1 Å². The predicted octanol–water partition coefficient (Wildman–Crippen LogP) is 2.94. The maximum absolute atomic E-state index is 9.98. The second kappa shape index (κ2) is 4.67. The maximum atomic E-state index is 9.98. The molecule has 1 aromatic carbocycles. The molecule has 0 atom stereocenters. The Morgan fingerprint density at radius 2 is 1.72 bits per heavy atom. The van der Waals surface area contributed by atoms with Crippen molar-refractivity contribution in [3.8, 4) is 0 Å². The Kier molecular flexibility index (Phi) is 3.52. The topological polar surface area (TPSA) is 23.5 Å². The van der Waals surface area contributed by atoms with Gasteiger partial charge in [-0.2, -0.15) is 0 Å². The molecule has 2 rings (SSSR count). The Morgan fingerprint density at radius 1 is 1.17 bits per heavy atom. The summed E-state index contributed by atoms with van der Waals surface area (Å²) < 4.78 is 0. The van der Waals surface area contributed by atoms with Gasteiger partial charge in [-0.05, 0) is 23.0 Å². The highest BCUT2D eigenvalue weighted by molar-refractivity contribution is 5.27. The van der Waals surface area contributed by atoms with Crippen molar-refractivity contribution in [2.24, 2.45) is 0 Å². The van der Waals surface area contributed by atoms with Gasteiger partial charge in [0.1, 0.15) is 0 Å². The van der Waals surface area contributed by atoms with Crippen LogP contribution < -0.4 is 0 Å². The summed E-state index contributed by atoms with van der Waals surface area (Å²) in [5.41, 5.74) is 2.50. The first kappa shape index (κ1) is 13.6. The Bertz CT molecular complexity index is 396. The van der Waals surface area contributed by atoms with E-state index in [4.69, 9.17) is 0 Å². The van der Waals surface area contributed by atoms with Gasteiger partial charge in [-0.1, -0.05) is 52.0 Å². The molecule has 1 saturated heterocycles. The van der Waals surface area contributed by atoms with E-state index >= 15 is 0 Å².